The molecule has 1 amide bonds. The van der Waals surface area contributed by atoms with Gasteiger partial charge < -0.3 is 14.8 Å². The van der Waals surface area contributed by atoms with Gasteiger partial charge in [-0.3, -0.25) is 9.10 Å². The Morgan fingerprint density at radius 3 is 2.33 bits per heavy atom. The lowest BCUT2D eigenvalue weighted by Gasteiger charge is -2.26. The summed E-state index contributed by atoms with van der Waals surface area (Å²) in [6, 6.07) is 17.0. The molecule has 0 unspecified atom stereocenters. The van der Waals surface area contributed by atoms with E-state index in [1.807, 2.05) is 0 Å². The molecular formula is C26H27ClN2O6S. The van der Waals surface area contributed by atoms with Crippen LogP contribution in [-0.4, -0.2) is 40.1 Å². The average molecular weight is 531 g/mol. The van der Waals surface area contributed by atoms with Gasteiger partial charge >= 0.3 is 5.97 Å². The quantitative estimate of drug-likeness (QED) is 0.368. The highest BCUT2D eigenvalue weighted by molar-refractivity contribution is 7.92. The fraction of sp³-hybridized carbons (Fsp3) is 0.231. The lowest BCUT2D eigenvalue weighted by Crippen LogP contribution is -2.38. The molecule has 0 aromatic heterocycles. The summed E-state index contributed by atoms with van der Waals surface area (Å²) in [5, 5.41) is 3.10. The molecule has 0 fully saturated rings. The molecule has 190 valence electrons. The second-order valence-corrected chi connectivity index (χ2v) is 9.96. The van der Waals surface area contributed by atoms with Crippen LogP contribution in [0, 0.1) is 6.92 Å². The van der Waals surface area contributed by atoms with Gasteiger partial charge in [0, 0.05) is 10.7 Å². The smallest absolute Gasteiger partial charge is 0.338 e. The Kier molecular flexibility index (Phi) is 8.95. The third-order valence-electron chi connectivity index (χ3n) is 5.15. The predicted octanol–water partition coefficient (Wildman–Crippen LogP) is 5.06. The van der Waals surface area contributed by atoms with Gasteiger partial charge in [0.1, 0.15) is 12.3 Å². The largest absolute Gasteiger partial charge is 0.492 e. The summed E-state index contributed by atoms with van der Waals surface area (Å²) in [6.45, 7) is 5.21. The summed E-state index contributed by atoms with van der Waals surface area (Å²) in [5.41, 5.74) is 1.54. The van der Waals surface area contributed by atoms with Crippen LogP contribution in [0.5, 0.6) is 5.75 Å². The summed E-state index contributed by atoms with van der Waals surface area (Å²) in [7, 11) is -4.18. The van der Waals surface area contributed by atoms with Gasteiger partial charge in [-0.1, -0.05) is 29.8 Å². The topological polar surface area (TPSA) is 102 Å². The van der Waals surface area contributed by atoms with Gasteiger partial charge in [-0.05, 0) is 74.9 Å². The third-order valence-corrected chi connectivity index (χ3v) is 7.17. The maximum Gasteiger partial charge on any atom is 0.338 e. The van der Waals surface area contributed by atoms with Gasteiger partial charge in [-0.2, -0.15) is 0 Å². The molecule has 0 bridgehead atoms. The van der Waals surface area contributed by atoms with Crippen LogP contribution in [0.15, 0.2) is 71.6 Å². The number of benzene rings is 3. The number of esters is 1. The number of hydrogen-bond acceptors (Lipinski definition) is 6. The Hall–Kier alpha value is -3.56. The number of carbonyl (C=O) groups excluding carboxylic acids is 2. The molecule has 0 saturated heterocycles. The van der Waals surface area contributed by atoms with Crippen LogP contribution in [0.2, 0.25) is 5.02 Å². The highest BCUT2D eigenvalue weighted by atomic mass is 35.5. The Labute approximate surface area is 215 Å². The standard InChI is InChI=1S/C26H27ClN2O6S/c1-4-34-24-9-7-6-8-23(24)29(36(32,33)21-14-12-20(27)13-15-21)17-25(30)28-22-16-19(11-10-18(22)3)26(31)35-5-2/h6-16H,4-5,17H2,1-3H3,(H,28,30). The fourth-order valence-electron chi connectivity index (χ4n) is 3.39. The van der Waals surface area contributed by atoms with E-state index in [9.17, 15) is 18.0 Å². The molecule has 0 aliphatic rings. The highest BCUT2D eigenvalue weighted by Gasteiger charge is 2.29. The monoisotopic (exact) mass is 530 g/mol. The number of nitrogens with zero attached hydrogens (tertiary/aromatic N) is 1. The first-order chi connectivity index (χ1) is 17.2. The van der Waals surface area contributed by atoms with Crippen molar-refractivity contribution < 1.29 is 27.5 Å². The Bertz CT molecular complexity index is 1340. The van der Waals surface area contributed by atoms with E-state index < -0.39 is 28.4 Å². The van der Waals surface area contributed by atoms with Crippen LogP contribution in [0.1, 0.15) is 29.8 Å². The number of halogens is 1. The lowest BCUT2D eigenvalue weighted by molar-refractivity contribution is -0.114. The van der Waals surface area contributed by atoms with Crippen LogP contribution in [-0.2, 0) is 19.6 Å². The zero-order valence-electron chi connectivity index (χ0n) is 20.2. The van der Waals surface area contributed by atoms with Crippen molar-refractivity contribution in [2.75, 3.05) is 29.4 Å². The molecule has 0 spiro atoms. The minimum atomic E-state index is -4.18. The van der Waals surface area contributed by atoms with Crippen molar-refractivity contribution in [1.29, 1.82) is 0 Å². The van der Waals surface area contributed by atoms with E-state index in [1.54, 1.807) is 57.2 Å². The minimum Gasteiger partial charge on any atom is -0.492 e. The first-order valence-electron chi connectivity index (χ1n) is 11.2. The average Bonchev–Trinajstić information content (AvgIpc) is 2.85. The Balaban J connectivity index is 1.98. The Morgan fingerprint density at radius 1 is 0.972 bits per heavy atom. The normalized spacial score (nSPS) is 11.0. The number of para-hydroxylation sites is 2. The van der Waals surface area contributed by atoms with E-state index in [2.05, 4.69) is 5.32 Å². The number of aryl methyl sites for hydroxylation is 1. The molecule has 36 heavy (non-hydrogen) atoms. The molecule has 0 saturated carbocycles. The maximum absolute atomic E-state index is 13.7. The predicted molar refractivity (Wildman–Crippen MR) is 139 cm³/mol. The van der Waals surface area contributed by atoms with E-state index in [-0.39, 0.29) is 22.8 Å². The number of amides is 1. The molecule has 3 rings (SSSR count). The molecule has 1 N–H and O–H groups in total. The molecule has 3 aromatic rings. The number of ether oxygens (including phenoxy) is 2. The summed E-state index contributed by atoms with van der Waals surface area (Å²) < 4.78 is 39.0. The van der Waals surface area contributed by atoms with Crippen molar-refractivity contribution in [3.63, 3.8) is 0 Å². The van der Waals surface area contributed by atoms with Crippen LogP contribution in [0.4, 0.5) is 11.4 Å². The van der Waals surface area contributed by atoms with Crippen LogP contribution in [0.3, 0.4) is 0 Å². The lowest BCUT2D eigenvalue weighted by atomic mass is 10.1. The number of anilines is 2. The molecule has 0 aliphatic carbocycles. The molecule has 3 aromatic carbocycles. The first kappa shape index (κ1) is 27.0. The first-order valence-corrected chi connectivity index (χ1v) is 13.1. The molecular weight excluding hydrogens is 504 g/mol. The Morgan fingerprint density at radius 2 is 1.67 bits per heavy atom. The van der Waals surface area contributed by atoms with Gasteiger partial charge in [0.15, 0.2) is 0 Å². The summed E-state index contributed by atoms with van der Waals surface area (Å²) >= 11 is 5.94. The molecule has 0 atom stereocenters. The van der Waals surface area contributed by atoms with E-state index in [4.69, 9.17) is 21.1 Å². The van der Waals surface area contributed by atoms with Crippen LogP contribution in [0.25, 0.3) is 0 Å². The van der Waals surface area contributed by atoms with Gasteiger partial charge in [-0.15, -0.1) is 0 Å². The van der Waals surface area contributed by atoms with Crippen LogP contribution >= 0.6 is 11.6 Å². The molecule has 8 nitrogen and oxygen atoms in total. The van der Waals surface area contributed by atoms with Crippen molar-refractivity contribution in [2.24, 2.45) is 0 Å². The van der Waals surface area contributed by atoms with Gasteiger partial charge in [-0.25, -0.2) is 13.2 Å². The summed E-state index contributed by atoms with van der Waals surface area (Å²) in [5.74, 6) is -0.820. The zero-order valence-corrected chi connectivity index (χ0v) is 21.7. The number of hydrogen-bond donors (Lipinski definition) is 1. The number of sulfonamides is 1. The SMILES string of the molecule is CCOC(=O)c1ccc(C)c(NC(=O)CN(c2ccccc2OCC)S(=O)(=O)c2ccc(Cl)cc2)c1. The maximum atomic E-state index is 13.7. The van der Waals surface area contributed by atoms with E-state index >= 15 is 0 Å². The number of rotatable bonds is 10. The summed E-state index contributed by atoms with van der Waals surface area (Å²) in [4.78, 5) is 25.2. The van der Waals surface area contributed by atoms with Crippen LogP contribution < -0.4 is 14.4 Å². The zero-order chi connectivity index (χ0) is 26.3. The summed E-state index contributed by atoms with van der Waals surface area (Å²) in [6.07, 6.45) is 0. The van der Waals surface area contributed by atoms with Crippen molar-refractivity contribution in [3.8, 4) is 5.75 Å². The number of carbonyl (C=O) groups is 2. The van der Waals surface area contributed by atoms with Crippen molar-refractivity contribution >= 4 is 44.9 Å². The van der Waals surface area contributed by atoms with E-state index in [0.717, 1.165) is 4.31 Å². The van der Waals surface area contributed by atoms with E-state index in [0.29, 0.717) is 28.6 Å². The van der Waals surface area contributed by atoms with Crippen molar-refractivity contribution in [2.45, 2.75) is 25.7 Å². The molecule has 0 heterocycles. The highest BCUT2D eigenvalue weighted by Crippen LogP contribution is 2.33. The van der Waals surface area contributed by atoms with Gasteiger partial charge in [0.2, 0.25) is 5.91 Å². The molecule has 0 radical (unpaired) electrons. The van der Waals surface area contributed by atoms with E-state index in [1.165, 1.54) is 30.3 Å². The third kappa shape index (κ3) is 6.35. The number of nitrogens with one attached hydrogen (secondary N) is 1. The van der Waals surface area contributed by atoms with Crippen molar-refractivity contribution in [1.82, 2.24) is 0 Å². The molecule has 0 aliphatic heterocycles. The van der Waals surface area contributed by atoms with Crippen molar-refractivity contribution in [3.05, 3.63) is 82.9 Å². The second-order valence-electron chi connectivity index (χ2n) is 7.66. The fourth-order valence-corrected chi connectivity index (χ4v) is 4.95. The second kappa shape index (κ2) is 11.9. The molecule has 10 heteroatoms. The minimum absolute atomic E-state index is 0.0357. The van der Waals surface area contributed by atoms with Gasteiger partial charge in [0.05, 0.1) is 29.4 Å². The van der Waals surface area contributed by atoms with Gasteiger partial charge in [0.25, 0.3) is 10.0 Å².